The van der Waals surface area contributed by atoms with E-state index in [1.54, 1.807) is 22.8 Å². The minimum Gasteiger partial charge on any atom is -0.473 e. The Balaban J connectivity index is 1.41. The van der Waals surface area contributed by atoms with Gasteiger partial charge in [0.05, 0.1) is 41.0 Å². The van der Waals surface area contributed by atoms with Crippen molar-refractivity contribution in [1.29, 1.82) is 0 Å². The van der Waals surface area contributed by atoms with E-state index in [1.807, 2.05) is 0 Å². The molecule has 2 aromatic heterocycles. The number of fused-ring (bicyclic) bond motifs is 1. The number of esters is 1. The smallest absolute Gasteiger partial charge is 0.337 e. The molecule has 0 fully saturated rings. The van der Waals surface area contributed by atoms with Gasteiger partial charge >= 0.3 is 5.97 Å². The lowest BCUT2D eigenvalue weighted by atomic mass is 10.0. The van der Waals surface area contributed by atoms with Crippen molar-refractivity contribution >= 4 is 28.6 Å². The first-order valence-electron chi connectivity index (χ1n) is 13.0. The molecule has 5 aromatic rings. The van der Waals surface area contributed by atoms with E-state index >= 15 is 8.78 Å². The lowest BCUT2D eigenvalue weighted by Crippen LogP contribution is -2.10. The average Bonchev–Trinajstić information content (AvgIpc) is 3.34. The molecule has 12 heteroatoms. The van der Waals surface area contributed by atoms with Crippen LogP contribution in [0.2, 0.25) is 5.02 Å². The molecule has 0 unspecified atom stereocenters. The number of pyridine rings is 1. The maximum absolute atomic E-state index is 15.4. The zero-order valence-corrected chi connectivity index (χ0v) is 23.7. The molecular formula is C31H24ClF4N3O4. The van der Waals surface area contributed by atoms with Crippen molar-refractivity contribution in [2.45, 2.75) is 19.6 Å². The topological polar surface area (TPSA) is 75.5 Å². The summed E-state index contributed by atoms with van der Waals surface area (Å²) in [7, 11) is 2.82. The van der Waals surface area contributed by atoms with Crippen LogP contribution in [0.4, 0.5) is 17.6 Å². The highest BCUT2D eigenvalue weighted by atomic mass is 35.5. The maximum Gasteiger partial charge on any atom is 0.337 e. The van der Waals surface area contributed by atoms with Crippen molar-refractivity contribution in [3.8, 4) is 17.1 Å². The zero-order chi connectivity index (χ0) is 30.7. The highest BCUT2D eigenvalue weighted by Gasteiger charge is 2.19. The minimum absolute atomic E-state index is 0.00525. The molecule has 0 aliphatic carbocycles. The predicted molar refractivity (Wildman–Crippen MR) is 151 cm³/mol. The van der Waals surface area contributed by atoms with Crippen molar-refractivity contribution in [2.24, 2.45) is 0 Å². The molecule has 222 valence electrons. The van der Waals surface area contributed by atoms with Crippen LogP contribution in [0.25, 0.3) is 22.3 Å². The van der Waals surface area contributed by atoms with Gasteiger partial charge in [0.25, 0.3) is 0 Å². The zero-order valence-electron chi connectivity index (χ0n) is 23.0. The third-order valence-electron chi connectivity index (χ3n) is 6.72. The van der Waals surface area contributed by atoms with E-state index in [2.05, 4.69) is 9.97 Å². The summed E-state index contributed by atoms with van der Waals surface area (Å²) >= 11 is 5.58. The minimum atomic E-state index is -0.804. The molecule has 0 aliphatic rings. The molecule has 0 bridgehead atoms. The van der Waals surface area contributed by atoms with Gasteiger partial charge in [-0.25, -0.2) is 32.3 Å². The molecular weight excluding hydrogens is 590 g/mol. The fourth-order valence-corrected chi connectivity index (χ4v) is 4.70. The van der Waals surface area contributed by atoms with Gasteiger partial charge in [-0.05, 0) is 54.1 Å². The van der Waals surface area contributed by atoms with Crippen molar-refractivity contribution in [3.05, 3.63) is 111 Å². The fraction of sp³-hybridized carbons (Fsp3) is 0.194. The van der Waals surface area contributed by atoms with Crippen molar-refractivity contribution in [1.82, 2.24) is 14.5 Å². The second-order valence-corrected chi connectivity index (χ2v) is 9.88. The first-order valence-corrected chi connectivity index (χ1v) is 13.3. The number of carbonyl (C=O) groups excluding carboxylic acids is 1. The second-order valence-electron chi connectivity index (χ2n) is 9.48. The summed E-state index contributed by atoms with van der Waals surface area (Å²) in [6.07, 6.45) is -0.0468. The predicted octanol–water partition coefficient (Wildman–Crippen LogP) is 6.91. The third kappa shape index (κ3) is 6.47. The van der Waals surface area contributed by atoms with Crippen LogP contribution in [0.1, 0.15) is 27.3 Å². The maximum atomic E-state index is 15.4. The molecule has 7 nitrogen and oxygen atoms in total. The average molecular weight is 614 g/mol. The Hall–Kier alpha value is -4.48. The molecule has 0 aliphatic heterocycles. The number of benzene rings is 3. The molecule has 5 rings (SSSR count). The Morgan fingerprint density at radius 2 is 1.65 bits per heavy atom. The number of imidazole rings is 1. The monoisotopic (exact) mass is 613 g/mol. The van der Waals surface area contributed by atoms with E-state index in [-0.39, 0.29) is 46.3 Å². The summed E-state index contributed by atoms with van der Waals surface area (Å²) in [5, 5.41) is -0.359. The Morgan fingerprint density at radius 1 is 0.884 bits per heavy atom. The molecule has 0 spiro atoms. The van der Waals surface area contributed by atoms with Gasteiger partial charge in [-0.15, -0.1) is 0 Å². The van der Waals surface area contributed by atoms with E-state index in [0.29, 0.717) is 35.6 Å². The number of nitrogens with zero attached hydrogens (tertiary/aromatic N) is 3. The SMILES string of the molecule is COCCn1c(Cc2cc(F)c(-c3cccc(OCc4cc(F)c(Cl)cc4F)n3)cc2F)nc2ccc(C(=O)OC)cc21. The Morgan fingerprint density at radius 3 is 2.42 bits per heavy atom. The largest absolute Gasteiger partial charge is 0.473 e. The number of carbonyl (C=O) groups is 1. The van der Waals surface area contributed by atoms with Crippen molar-refractivity contribution < 1.29 is 36.6 Å². The first-order chi connectivity index (χ1) is 20.7. The molecule has 3 aromatic carbocycles. The summed E-state index contributed by atoms with van der Waals surface area (Å²) < 4.78 is 75.9. The van der Waals surface area contributed by atoms with Crippen LogP contribution in [-0.2, 0) is 29.0 Å². The summed E-state index contributed by atoms with van der Waals surface area (Å²) in [5.74, 6) is -3.06. The molecule has 0 saturated carbocycles. The number of rotatable bonds is 10. The lowest BCUT2D eigenvalue weighted by molar-refractivity contribution is 0.0601. The Labute approximate surface area is 248 Å². The van der Waals surface area contributed by atoms with E-state index in [0.717, 1.165) is 24.3 Å². The Kier molecular flexibility index (Phi) is 8.93. The van der Waals surface area contributed by atoms with Crippen LogP contribution in [0.3, 0.4) is 0 Å². The molecule has 0 atom stereocenters. The van der Waals surface area contributed by atoms with Gasteiger partial charge in [-0.1, -0.05) is 17.7 Å². The number of ether oxygens (including phenoxy) is 3. The summed E-state index contributed by atoms with van der Waals surface area (Å²) in [6.45, 7) is 0.316. The van der Waals surface area contributed by atoms with Gasteiger partial charge in [-0.2, -0.15) is 0 Å². The van der Waals surface area contributed by atoms with Gasteiger partial charge in [0.15, 0.2) is 0 Å². The van der Waals surface area contributed by atoms with E-state index in [9.17, 15) is 13.6 Å². The van der Waals surface area contributed by atoms with Gasteiger partial charge in [0.1, 0.15) is 35.7 Å². The number of hydrogen-bond donors (Lipinski definition) is 0. The lowest BCUT2D eigenvalue weighted by Gasteiger charge is -2.12. The van der Waals surface area contributed by atoms with Crippen LogP contribution in [0, 0.1) is 23.3 Å². The van der Waals surface area contributed by atoms with E-state index in [4.69, 9.17) is 25.8 Å². The van der Waals surface area contributed by atoms with E-state index < -0.39 is 29.2 Å². The van der Waals surface area contributed by atoms with Crippen LogP contribution in [0.15, 0.2) is 60.7 Å². The summed E-state index contributed by atoms with van der Waals surface area (Å²) in [6, 6.07) is 13.2. The number of halogens is 5. The Bertz CT molecular complexity index is 1830. The molecule has 2 heterocycles. The van der Waals surface area contributed by atoms with Gasteiger partial charge in [0, 0.05) is 37.3 Å². The quantitative estimate of drug-likeness (QED) is 0.0968. The van der Waals surface area contributed by atoms with Gasteiger partial charge in [-0.3, -0.25) is 0 Å². The van der Waals surface area contributed by atoms with Crippen LogP contribution in [-0.4, -0.2) is 41.3 Å². The van der Waals surface area contributed by atoms with Crippen molar-refractivity contribution in [2.75, 3.05) is 20.8 Å². The first kappa shape index (κ1) is 30.0. The van der Waals surface area contributed by atoms with E-state index in [1.165, 1.54) is 32.4 Å². The highest BCUT2D eigenvalue weighted by Crippen LogP contribution is 2.29. The number of hydrogen-bond acceptors (Lipinski definition) is 6. The molecule has 0 radical (unpaired) electrons. The number of aromatic nitrogens is 3. The van der Waals surface area contributed by atoms with Gasteiger partial charge in [0.2, 0.25) is 5.88 Å². The van der Waals surface area contributed by atoms with Crippen LogP contribution < -0.4 is 4.74 Å². The standard InChI is InChI=1S/C31H24ClF4N3O4/c1-41-9-8-39-28-12-17(31(40)42-2)6-7-27(28)37-29(39)13-18-10-24(35)20(14-22(18)33)26-4-3-5-30(38-26)43-16-19-11-25(36)21(32)15-23(19)34/h3-7,10-12,14-15H,8-9,13,16H2,1-2H3. The highest BCUT2D eigenvalue weighted by molar-refractivity contribution is 6.30. The normalized spacial score (nSPS) is 11.2. The second kappa shape index (κ2) is 12.8. The van der Waals surface area contributed by atoms with Crippen LogP contribution in [0.5, 0.6) is 5.88 Å². The molecule has 0 saturated heterocycles. The van der Waals surface area contributed by atoms with Gasteiger partial charge < -0.3 is 18.8 Å². The summed E-state index contributed by atoms with van der Waals surface area (Å²) in [4.78, 5) is 20.9. The number of methoxy groups -OCH3 is 2. The molecule has 0 N–H and O–H groups in total. The fourth-order valence-electron chi connectivity index (χ4n) is 4.55. The molecule has 0 amide bonds. The summed E-state index contributed by atoms with van der Waals surface area (Å²) in [5.41, 5.74) is 1.43. The van der Waals surface area contributed by atoms with Crippen molar-refractivity contribution in [3.63, 3.8) is 0 Å². The van der Waals surface area contributed by atoms with Crippen LogP contribution >= 0.6 is 11.6 Å². The molecule has 43 heavy (non-hydrogen) atoms. The third-order valence-corrected chi connectivity index (χ3v) is 7.01.